The number of aryl methyl sites for hydroxylation is 3. The SMILES string of the molecule is CCC[C@@H](NC(=O)c1nc2nc(C)cc(C)n2n1)c1nccn1C. The van der Waals surface area contributed by atoms with E-state index in [1.807, 2.05) is 37.7 Å². The fraction of sp³-hybridized carbons (Fsp3) is 0.438. The number of fused-ring (bicyclic) bond motifs is 1. The molecule has 0 spiro atoms. The molecule has 0 aliphatic rings. The number of imidazole rings is 1. The molecule has 0 saturated heterocycles. The van der Waals surface area contributed by atoms with E-state index in [1.54, 1.807) is 10.7 Å². The van der Waals surface area contributed by atoms with Gasteiger partial charge in [0, 0.05) is 30.8 Å². The molecule has 0 aliphatic heterocycles. The van der Waals surface area contributed by atoms with Crippen LogP contribution in [-0.2, 0) is 7.05 Å². The number of nitrogens with zero attached hydrogens (tertiary/aromatic N) is 6. The van der Waals surface area contributed by atoms with Gasteiger partial charge in [-0.2, -0.15) is 4.98 Å². The highest BCUT2D eigenvalue weighted by Crippen LogP contribution is 2.16. The molecule has 8 heteroatoms. The molecule has 126 valence electrons. The standard InChI is InChI=1S/C16H21N7O/c1-5-6-12(14-17-7-8-22(14)4)19-15(24)13-20-16-18-10(2)9-11(3)23(16)21-13/h7-9,12H,5-6H2,1-4H3,(H,19,24)/t12-/m1/s1. The number of hydrogen-bond donors (Lipinski definition) is 1. The van der Waals surface area contributed by atoms with Crippen LogP contribution >= 0.6 is 0 Å². The van der Waals surface area contributed by atoms with Gasteiger partial charge in [0.1, 0.15) is 5.82 Å². The molecular formula is C16H21N7O. The molecule has 24 heavy (non-hydrogen) atoms. The Morgan fingerprint density at radius 2 is 2.12 bits per heavy atom. The summed E-state index contributed by atoms with van der Waals surface area (Å²) < 4.78 is 3.49. The number of carbonyl (C=O) groups excluding carboxylic acids is 1. The molecule has 0 bridgehead atoms. The third-order valence-electron chi connectivity index (χ3n) is 3.87. The molecule has 1 atom stereocenters. The van der Waals surface area contributed by atoms with Gasteiger partial charge >= 0.3 is 0 Å². The fourth-order valence-electron chi connectivity index (χ4n) is 2.75. The Hall–Kier alpha value is -2.77. The summed E-state index contributed by atoms with van der Waals surface area (Å²) in [6.07, 6.45) is 5.31. The molecule has 0 radical (unpaired) electrons. The summed E-state index contributed by atoms with van der Waals surface area (Å²) >= 11 is 0. The molecule has 0 saturated carbocycles. The van der Waals surface area contributed by atoms with Crippen LogP contribution in [0.15, 0.2) is 18.5 Å². The van der Waals surface area contributed by atoms with Gasteiger partial charge in [0.05, 0.1) is 6.04 Å². The Kier molecular flexibility index (Phi) is 4.28. The number of amides is 1. The molecule has 3 rings (SSSR count). The highest BCUT2D eigenvalue weighted by molar-refractivity contribution is 5.91. The van der Waals surface area contributed by atoms with E-state index in [2.05, 4.69) is 32.3 Å². The summed E-state index contributed by atoms with van der Waals surface area (Å²) in [4.78, 5) is 25.5. The summed E-state index contributed by atoms with van der Waals surface area (Å²) in [5.74, 6) is 1.05. The van der Waals surface area contributed by atoms with Gasteiger partial charge in [-0.3, -0.25) is 4.79 Å². The van der Waals surface area contributed by atoms with Gasteiger partial charge in [0.25, 0.3) is 11.7 Å². The number of carbonyl (C=O) groups is 1. The summed E-state index contributed by atoms with van der Waals surface area (Å²) in [7, 11) is 1.91. The molecule has 3 aromatic rings. The smallest absolute Gasteiger partial charge is 0.291 e. The van der Waals surface area contributed by atoms with E-state index in [9.17, 15) is 4.79 Å². The average Bonchev–Trinajstić information content (AvgIpc) is 3.13. The normalized spacial score (nSPS) is 12.5. The zero-order chi connectivity index (χ0) is 17.3. The fourth-order valence-corrected chi connectivity index (χ4v) is 2.75. The molecule has 0 unspecified atom stereocenters. The zero-order valence-electron chi connectivity index (χ0n) is 14.3. The van der Waals surface area contributed by atoms with Crippen molar-refractivity contribution >= 4 is 11.7 Å². The third-order valence-corrected chi connectivity index (χ3v) is 3.87. The molecule has 0 fully saturated rings. The van der Waals surface area contributed by atoms with Crippen molar-refractivity contribution in [1.29, 1.82) is 0 Å². The van der Waals surface area contributed by atoms with E-state index in [4.69, 9.17) is 0 Å². The molecule has 3 heterocycles. The second kappa shape index (κ2) is 6.38. The first kappa shape index (κ1) is 16.1. The molecule has 3 aromatic heterocycles. The van der Waals surface area contributed by atoms with Crippen molar-refractivity contribution in [2.24, 2.45) is 7.05 Å². The minimum absolute atomic E-state index is 0.117. The van der Waals surface area contributed by atoms with Gasteiger partial charge in [0.2, 0.25) is 5.82 Å². The van der Waals surface area contributed by atoms with Crippen LogP contribution in [0.3, 0.4) is 0 Å². The highest BCUT2D eigenvalue weighted by Gasteiger charge is 2.21. The van der Waals surface area contributed by atoms with Gasteiger partial charge in [-0.15, -0.1) is 5.10 Å². The van der Waals surface area contributed by atoms with E-state index >= 15 is 0 Å². The van der Waals surface area contributed by atoms with Crippen LogP contribution in [0.2, 0.25) is 0 Å². The lowest BCUT2D eigenvalue weighted by Gasteiger charge is -2.16. The van der Waals surface area contributed by atoms with Gasteiger partial charge in [0.15, 0.2) is 0 Å². The van der Waals surface area contributed by atoms with E-state index < -0.39 is 0 Å². The van der Waals surface area contributed by atoms with Crippen molar-refractivity contribution in [3.63, 3.8) is 0 Å². The first-order chi connectivity index (χ1) is 11.5. The second-order valence-electron chi connectivity index (χ2n) is 5.90. The Labute approximate surface area is 140 Å². The molecule has 1 N–H and O–H groups in total. The molecule has 0 aromatic carbocycles. The van der Waals surface area contributed by atoms with Crippen molar-refractivity contribution in [3.8, 4) is 0 Å². The quantitative estimate of drug-likeness (QED) is 0.771. The van der Waals surface area contributed by atoms with E-state index in [-0.39, 0.29) is 17.8 Å². The lowest BCUT2D eigenvalue weighted by molar-refractivity contribution is 0.0921. The third kappa shape index (κ3) is 2.99. The summed E-state index contributed by atoms with van der Waals surface area (Å²) in [5.41, 5.74) is 1.73. The minimum Gasteiger partial charge on any atom is -0.339 e. The van der Waals surface area contributed by atoms with Crippen molar-refractivity contribution in [2.45, 2.75) is 39.7 Å². The van der Waals surface area contributed by atoms with E-state index in [1.165, 1.54) is 0 Å². The van der Waals surface area contributed by atoms with Crippen LogP contribution < -0.4 is 5.32 Å². The maximum Gasteiger partial charge on any atom is 0.291 e. The Bertz CT molecular complexity index is 880. The predicted molar refractivity (Wildman–Crippen MR) is 88.6 cm³/mol. The maximum absolute atomic E-state index is 12.6. The molecule has 1 amide bonds. The van der Waals surface area contributed by atoms with Crippen molar-refractivity contribution < 1.29 is 4.79 Å². The van der Waals surface area contributed by atoms with Crippen molar-refractivity contribution in [2.75, 3.05) is 0 Å². The highest BCUT2D eigenvalue weighted by atomic mass is 16.2. The summed E-state index contributed by atoms with van der Waals surface area (Å²) in [6, 6.07) is 1.72. The van der Waals surface area contributed by atoms with Gasteiger partial charge in [-0.25, -0.2) is 14.5 Å². The lowest BCUT2D eigenvalue weighted by atomic mass is 10.1. The molecular weight excluding hydrogens is 306 g/mol. The average molecular weight is 327 g/mol. The maximum atomic E-state index is 12.6. The van der Waals surface area contributed by atoms with E-state index in [0.717, 1.165) is 30.1 Å². The zero-order valence-corrected chi connectivity index (χ0v) is 14.3. The van der Waals surface area contributed by atoms with Crippen LogP contribution in [0.5, 0.6) is 0 Å². The van der Waals surface area contributed by atoms with Crippen LogP contribution in [0.25, 0.3) is 5.78 Å². The van der Waals surface area contributed by atoms with Crippen LogP contribution in [0, 0.1) is 13.8 Å². The molecule has 8 nitrogen and oxygen atoms in total. The summed E-state index contributed by atoms with van der Waals surface area (Å²) in [5, 5.41) is 7.26. The van der Waals surface area contributed by atoms with Crippen molar-refractivity contribution in [3.05, 3.63) is 41.5 Å². The number of rotatable bonds is 5. The molecule has 0 aliphatic carbocycles. The first-order valence-corrected chi connectivity index (χ1v) is 7.98. The number of hydrogen-bond acceptors (Lipinski definition) is 5. The predicted octanol–water partition coefficient (Wildman–Crippen LogP) is 1.75. The van der Waals surface area contributed by atoms with E-state index in [0.29, 0.717) is 5.78 Å². The Morgan fingerprint density at radius 3 is 2.79 bits per heavy atom. The van der Waals surface area contributed by atoms with Gasteiger partial charge < -0.3 is 9.88 Å². The van der Waals surface area contributed by atoms with Gasteiger partial charge in [-0.05, 0) is 26.3 Å². The van der Waals surface area contributed by atoms with Crippen molar-refractivity contribution in [1.82, 2.24) is 34.4 Å². The topological polar surface area (TPSA) is 90.0 Å². The Balaban J connectivity index is 1.88. The van der Waals surface area contributed by atoms with Gasteiger partial charge in [-0.1, -0.05) is 13.3 Å². The van der Waals surface area contributed by atoms with Crippen LogP contribution in [0.4, 0.5) is 0 Å². The first-order valence-electron chi connectivity index (χ1n) is 7.98. The van der Waals surface area contributed by atoms with Crippen LogP contribution in [-0.4, -0.2) is 35.0 Å². The lowest BCUT2D eigenvalue weighted by Crippen LogP contribution is -2.31. The summed E-state index contributed by atoms with van der Waals surface area (Å²) in [6.45, 7) is 5.87. The minimum atomic E-state index is -0.320. The van der Waals surface area contributed by atoms with Crippen LogP contribution in [0.1, 0.15) is 53.6 Å². The largest absolute Gasteiger partial charge is 0.339 e. The Morgan fingerprint density at radius 1 is 1.33 bits per heavy atom. The monoisotopic (exact) mass is 327 g/mol. The number of nitrogens with one attached hydrogen (secondary N) is 1. The second-order valence-corrected chi connectivity index (χ2v) is 5.90. The number of aromatic nitrogens is 6.